The van der Waals surface area contributed by atoms with Crippen molar-refractivity contribution in [3.8, 4) is 11.5 Å². The van der Waals surface area contributed by atoms with Gasteiger partial charge in [-0.25, -0.2) is 4.98 Å². The molecule has 0 atom stereocenters. The number of anilines is 3. The summed E-state index contributed by atoms with van der Waals surface area (Å²) in [5.41, 5.74) is 2.19. The lowest BCUT2D eigenvalue weighted by molar-refractivity contribution is -0.114. The molecule has 1 amide bonds. The number of nitrogens with one attached hydrogen (secondary N) is 2. The van der Waals surface area contributed by atoms with Gasteiger partial charge < -0.3 is 9.73 Å². The Kier molecular flexibility index (Phi) is 3.84. The molecule has 0 aromatic carbocycles. The molecule has 0 spiro atoms. The van der Waals surface area contributed by atoms with Crippen LogP contribution in [-0.4, -0.2) is 20.9 Å². The predicted molar refractivity (Wildman–Crippen MR) is 84.2 cm³/mol. The van der Waals surface area contributed by atoms with E-state index in [4.69, 9.17) is 4.42 Å². The lowest BCUT2D eigenvalue weighted by Crippen LogP contribution is -2.05. The summed E-state index contributed by atoms with van der Waals surface area (Å²) in [5, 5.41) is 8.27. The second-order valence-electron chi connectivity index (χ2n) is 4.52. The number of pyridine rings is 1. The summed E-state index contributed by atoms with van der Waals surface area (Å²) < 4.78 is 5.54. The Hall–Kier alpha value is -2.74. The Morgan fingerprint density at radius 3 is 2.95 bits per heavy atom. The van der Waals surface area contributed by atoms with Gasteiger partial charge in [0.15, 0.2) is 10.9 Å². The lowest BCUT2D eigenvalue weighted by Gasteiger charge is -1.99. The third-order valence-corrected chi connectivity index (χ3v) is 3.49. The number of aromatic nitrogens is 3. The third-order valence-electron chi connectivity index (χ3n) is 2.73. The van der Waals surface area contributed by atoms with E-state index in [1.165, 1.54) is 18.3 Å². The summed E-state index contributed by atoms with van der Waals surface area (Å²) in [6.45, 7) is 3.20. The van der Waals surface area contributed by atoms with Gasteiger partial charge in [-0.3, -0.25) is 15.1 Å². The highest BCUT2D eigenvalue weighted by atomic mass is 32.1. The van der Waals surface area contributed by atoms with Crippen LogP contribution in [0.2, 0.25) is 0 Å². The van der Waals surface area contributed by atoms with E-state index in [0.29, 0.717) is 17.1 Å². The molecule has 3 heterocycles. The maximum absolute atomic E-state index is 11.0. The van der Waals surface area contributed by atoms with Gasteiger partial charge in [0, 0.05) is 18.5 Å². The molecule has 0 saturated carbocycles. The molecular formula is C14H13N5O2S. The fourth-order valence-electron chi connectivity index (χ4n) is 1.83. The molecule has 0 saturated heterocycles. The van der Waals surface area contributed by atoms with Gasteiger partial charge in [-0.1, -0.05) is 0 Å². The van der Waals surface area contributed by atoms with Crippen LogP contribution in [0, 0.1) is 6.92 Å². The quantitative estimate of drug-likeness (QED) is 0.768. The molecule has 0 aliphatic carbocycles. The van der Waals surface area contributed by atoms with E-state index in [9.17, 15) is 4.79 Å². The van der Waals surface area contributed by atoms with Gasteiger partial charge in [0.1, 0.15) is 5.69 Å². The summed E-state index contributed by atoms with van der Waals surface area (Å²) in [6.07, 6.45) is 3.43. The summed E-state index contributed by atoms with van der Waals surface area (Å²) in [7, 11) is 0. The molecule has 112 valence electrons. The molecule has 0 fully saturated rings. The molecule has 3 rings (SSSR count). The number of carbonyl (C=O) groups excluding carboxylic acids is 1. The zero-order chi connectivity index (χ0) is 15.5. The molecule has 8 heteroatoms. The Morgan fingerprint density at radius 2 is 2.23 bits per heavy atom. The third kappa shape index (κ3) is 3.12. The number of hydrogen-bond donors (Lipinski definition) is 2. The number of hydrogen-bond acceptors (Lipinski definition) is 7. The largest absolute Gasteiger partial charge is 0.421 e. The van der Waals surface area contributed by atoms with Crippen LogP contribution in [0.25, 0.3) is 11.5 Å². The van der Waals surface area contributed by atoms with Crippen LogP contribution < -0.4 is 10.6 Å². The molecule has 0 bridgehead atoms. The molecule has 2 N–H and O–H groups in total. The van der Waals surface area contributed by atoms with E-state index >= 15 is 0 Å². The average Bonchev–Trinajstić information content (AvgIpc) is 3.06. The van der Waals surface area contributed by atoms with Crippen molar-refractivity contribution in [3.63, 3.8) is 0 Å². The monoisotopic (exact) mass is 315 g/mol. The van der Waals surface area contributed by atoms with Gasteiger partial charge in [-0.2, -0.15) is 4.98 Å². The zero-order valence-electron chi connectivity index (χ0n) is 12.0. The number of carbonyl (C=O) groups is 1. The van der Waals surface area contributed by atoms with Crippen LogP contribution in [-0.2, 0) is 4.79 Å². The Bertz CT molecular complexity index is 797. The van der Waals surface area contributed by atoms with Crippen molar-refractivity contribution >= 4 is 34.1 Å². The van der Waals surface area contributed by atoms with Crippen molar-refractivity contribution in [2.75, 3.05) is 10.6 Å². The van der Waals surface area contributed by atoms with E-state index in [-0.39, 0.29) is 11.9 Å². The first-order chi connectivity index (χ1) is 10.6. The second kappa shape index (κ2) is 5.94. The van der Waals surface area contributed by atoms with Gasteiger partial charge in [-0.15, -0.1) is 11.3 Å². The first-order valence-electron chi connectivity index (χ1n) is 6.50. The standard InChI is InChI=1S/C14H13N5O2S/c1-8-12(21-13(16-8)17-9(2)20)11-7-22-14(19-11)18-10-4-3-5-15-6-10/h3-7H,1-2H3,(H,18,19)(H,16,17,20). The van der Waals surface area contributed by atoms with E-state index in [2.05, 4.69) is 25.6 Å². The maximum Gasteiger partial charge on any atom is 0.302 e. The van der Waals surface area contributed by atoms with Gasteiger partial charge in [0.2, 0.25) is 5.91 Å². The highest BCUT2D eigenvalue weighted by Gasteiger charge is 2.15. The van der Waals surface area contributed by atoms with E-state index in [0.717, 1.165) is 10.8 Å². The van der Waals surface area contributed by atoms with Gasteiger partial charge in [0.05, 0.1) is 17.6 Å². The minimum Gasteiger partial charge on any atom is -0.421 e. The van der Waals surface area contributed by atoms with Crippen molar-refractivity contribution in [3.05, 3.63) is 35.6 Å². The molecule has 0 radical (unpaired) electrons. The smallest absolute Gasteiger partial charge is 0.302 e. The van der Waals surface area contributed by atoms with Crippen LogP contribution in [0.15, 0.2) is 34.3 Å². The SMILES string of the molecule is CC(=O)Nc1nc(C)c(-c2csc(Nc3cccnc3)n2)o1. The van der Waals surface area contributed by atoms with Crippen LogP contribution in [0.1, 0.15) is 12.6 Å². The minimum absolute atomic E-state index is 0.176. The molecule has 22 heavy (non-hydrogen) atoms. The molecular weight excluding hydrogens is 302 g/mol. The van der Waals surface area contributed by atoms with E-state index in [1.807, 2.05) is 17.5 Å². The maximum atomic E-state index is 11.0. The summed E-state index contributed by atoms with van der Waals surface area (Å²) >= 11 is 1.45. The van der Waals surface area contributed by atoms with Gasteiger partial charge >= 0.3 is 6.01 Å². The van der Waals surface area contributed by atoms with E-state index < -0.39 is 0 Å². The number of amides is 1. The number of rotatable bonds is 4. The van der Waals surface area contributed by atoms with Gasteiger partial charge in [0.25, 0.3) is 0 Å². The van der Waals surface area contributed by atoms with Crippen molar-refractivity contribution in [2.45, 2.75) is 13.8 Å². The molecule has 3 aromatic rings. The summed E-state index contributed by atoms with van der Waals surface area (Å²) in [5.74, 6) is 0.309. The van der Waals surface area contributed by atoms with Crippen LogP contribution in [0.5, 0.6) is 0 Å². The van der Waals surface area contributed by atoms with Crippen LogP contribution in [0.4, 0.5) is 16.8 Å². The fraction of sp³-hybridized carbons (Fsp3) is 0.143. The second-order valence-corrected chi connectivity index (χ2v) is 5.38. The molecule has 7 nitrogen and oxygen atoms in total. The number of nitrogens with zero attached hydrogens (tertiary/aromatic N) is 3. The normalized spacial score (nSPS) is 10.5. The minimum atomic E-state index is -0.231. The molecule has 0 unspecified atom stereocenters. The van der Waals surface area contributed by atoms with Gasteiger partial charge in [-0.05, 0) is 19.1 Å². The fourth-order valence-corrected chi connectivity index (χ4v) is 2.54. The number of thiazole rings is 1. The van der Waals surface area contributed by atoms with Crippen molar-refractivity contribution in [1.29, 1.82) is 0 Å². The molecule has 0 aliphatic rings. The first kappa shape index (κ1) is 14.2. The predicted octanol–water partition coefficient (Wildman–Crippen LogP) is 3.20. The first-order valence-corrected chi connectivity index (χ1v) is 7.38. The van der Waals surface area contributed by atoms with Crippen molar-refractivity contribution in [2.24, 2.45) is 0 Å². The topological polar surface area (TPSA) is 92.9 Å². The molecule has 0 aliphatic heterocycles. The lowest BCUT2D eigenvalue weighted by atomic mass is 10.3. The Labute approximate surface area is 130 Å². The highest BCUT2D eigenvalue weighted by molar-refractivity contribution is 7.14. The van der Waals surface area contributed by atoms with Crippen LogP contribution >= 0.6 is 11.3 Å². The summed E-state index contributed by atoms with van der Waals surface area (Å²) in [6, 6.07) is 3.93. The average molecular weight is 315 g/mol. The molecule has 3 aromatic heterocycles. The van der Waals surface area contributed by atoms with Crippen molar-refractivity contribution in [1.82, 2.24) is 15.0 Å². The zero-order valence-corrected chi connectivity index (χ0v) is 12.8. The summed E-state index contributed by atoms with van der Waals surface area (Å²) in [4.78, 5) is 23.7. The Balaban J connectivity index is 1.81. The highest BCUT2D eigenvalue weighted by Crippen LogP contribution is 2.30. The van der Waals surface area contributed by atoms with Crippen LogP contribution in [0.3, 0.4) is 0 Å². The van der Waals surface area contributed by atoms with E-state index in [1.54, 1.807) is 19.3 Å². The Morgan fingerprint density at radius 1 is 1.36 bits per heavy atom. The number of aryl methyl sites for hydroxylation is 1. The number of oxazole rings is 1. The van der Waals surface area contributed by atoms with Crippen molar-refractivity contribution < 1.29 is 9.21 Å².